The summed E-state index contributed by atoms with van der Waals surface area (Å²) in [7, 11) is 0. The molecule has 0 saturated heterocycles. The fourth-order valence-corrected chi connectivity index (χ4v) is 3.15. The van der Waals surface area contributed by atoms with E-state index in [1.54, 1.807) is 11.3 Å². The molecule has 3 heteroatoms. The molecule has 1 fully saturated rings. The van der Waals surface area contributed by atoms with Crippen LogP contribution < -0.4 is 0 Å². The Kier molecular flexibility index (Phi) is 3.10. The number of hydrogen-bond donors (Lipinski definition) is 1. The van der Waals surface area contributed by atoms with Crippen LogP contribution in [0.5, 0.6) is 0 Å². The van der Waals surface area contributed by atoms with Gasteiger partial charge in [-0.25, -0.2) is 0 Å². The highest BCUT2D eigenvalue weighted by atomic mass is 32.1. The molecular weight excluding hydrogens is 208 g/mol. The summed E-state index contributed by atoms with van der Waals surface area (Å²) in [5.41, 5.74) is -0.413. The van der Waals surface area contributed by atoms with E-state index in [0.29, 0.717) is 0 Å². The van der Waals surface area contributed by atoms with Crippen LogP contribution in [-0.2, 0) is 11.2 Å². The fraction of sp³-hybridized carbons (Fsp3) is 0.583. The minimum absolute atomic E-state index is 0.413. The lowest BCUT2D eigenvalue weighted by Crippen LogP contribution is -2.28. The van der Waals surface area contributed by atoms with Crippen molar-refractivity contribution < 1.29 is 9.90 Å². The summed E-state index contributed by atoms with van der Waals surface area (Å²) in [5, 5.41) is 11.3. The summed E-state index contributed by atoms with van der Waals surface area (Å²) >= 11 is 1.72. The van der Waals surface area contributed by atoms with Crippen molar-refractivity contribution in [1.82, 2.24) is 0 Å². The van der Waals surface area contributed by atoms with Gasteiger partial charge < -0.3 is 5.11 Å². The summed E-state index contributed by atoms with van der Waals surface area (Å²) in [6, 6.07) is 4.12. The van der Waals surface area contributed by atoms with Gasteiger partial charge in [-0.15, -0.1) is 11.3 Å². The highest BCUT2D eigenvalue weighted by Gasteiger charge is 2.40. The molecule has 0 bridgehead atoms. The Morgan fingerprint density at radius 1 is 1.47 bits per heavy atom. The quantitative estimate of drug-likeness (QED) is 0.851. The van der Waals surface area contributed by atoms with Gasteiger partial charge in [-0.2, -0.15) is 0 Å². The molecule has 1 N–H and O–H groups in total. The highest BCUT2D eigenvalue weighted by Crippen LogP contribution is 2.42. The van der Waals surface area contributed by atoms with Gasteiger partial charge in [-0.3, -0.25) is 4.79 Å². The maximum Gasteiger partial charge on any atom is 0.309 e. The van der Waals surface area contributed by atoms with Crippen molar-refractivity contribution in [2.75, 3.05) is 0 Å². The van der Waals surface area contributed by atoms with Gasteiger partial charge in [0.15, 0.2) is 0 Å². The van der Waals surface area contributed by atoms with E-state index in [1.807, 2.05) is 6.07 Å². The van der Waals surface area contributed by atoms with E-state index in [2.05, 4.69) is 11.4 Å². The number of aryl methyl sites for hydroxylation is 1. The smallest absolute Gasteiger partial charge is 0.309 e. The number of aliphatic carboxylic acids is 1. The molecule has 1 saturated carbocycles. The maximum absolute atomic E-state index is 11.3. The molecule has 0 aromatic carbocycles. The first-order valence-electron chi connectivity index (χ1n) is 5.49. The Labute approximate surface area is 93.9 Å². The Balaban J connectivity index is 1.99. The molecule has 0 amide bonds. The van der Waals surface area contributed by atoms with Crippen LogP contribution in [0.2, 0.25) is 0 Å². The number of carboxylic acids is 1. The third-order valence-corrected chi connectivity index (χ3v) is 4.38. The number of thiophene rings is 1. The van der Waals surface area contributed by atoms with Crippen molar-refractivity contribution in [3.05, 3.63) is 22.4 Å². The van der Waals surface area contributed by atoms with Crippen LogP contribution in [0.4, 0.5) is 0 Å². The SMILES string of the molecule is O=C(O)C1(CCc2cccs2)CCCC1. The first-order valence-corrected chi connectivity index (χ1v) is 6.37. The van der Waals surface area contributed by atoms with Crippen LogP contribution in [-0.4, -0.2) is 11.1 Å². The molecule has 1 aromatic rings. The van der Waals surface area contributed by atoms with Crippen LogP contribution >= 0.6 is 11.3 Å². The average molecular weight is 224 g/mol. The second kappa shape index (κ2) is 4.35. The van der Waals surface area contributed by atoms with Gasteiger partial charge in [0.25, 0.3) is 0 Å². The van der Waals surface area contributed by atoms with E-state index in [4.69, 9.17) is 0 Å². The molecule has 1 aliphatic rings. The molecule has 2 rings (SSSR count). The van der Waals surface area contributed by atoms with Crippen molar-refractivity contribution >= 4 is 17.3 Å². The standard InChI is InChI=1S/C12H16O2S/c13-11(14)12(6-1-2-7-12)8-5-10-4-3-9-15-10/h3-4,9H,1-2,5-8H2,(H,13,14). The molecule has 15 heavy (non-hydrogen) atoms. The van der Waals surface area contributed by atoms with Crippen molar-refractivity contribution in [3.8, 4) is 0 Å². The molecule has 0 atom stereocenters. The van der Waals surface area contributed by atoms with E-state index in [-0.39, 0.29) is 0 Å². The first kappa shape index (κ1) is 10.7. The summed E-state index contributed by atoms with van der Waals surface area (Å²) < 4.78 is 0. The van der Waals surface area contributed by atoms with E-state index >= 15 is 0 Å². The lowest BCUT2D eigenvalue weighted by molar-refractivity contribution is -0.149. The lowest BCUT2D eigenvalue weighted by atomic mass is 9.81. The van der Waals surface area contributed by atoms with Gasteiger partial charge in [0.2, 0.25) is 0 Å². The van der Waals surface area contributed by atoms with Gasteiger partial charge in [0, 0.05) is 4.88 Å². The molecule has 0 aliphatic heterocycles. The largest absolute Gasteiger partial charge is 0.481 e. The average Bonchev–Trinajstić information content (AvgIpc) is 2.87. The predicted octanol–water partition coefficient (Wildman–Crippen LogP) is 3.33. The minimum Gasteiger partial charge on any atom is -0.481 e. The Bertz CT molecular complexity index is 323. The number of hydrogen-bond acceptors (Lipinski definition) is 2. The van der Waals surface area contributed by atoms with Gasteiger partial charge in [-0.1, -0.05) is 18.9 Å². The van der Waals surface area contributed by atoms with Crippen molar-refractivity contribution in [2.45, 2.75) is 38.5 Å². The van der Waals surface area contributed by atoms with E-state index < -0.39 is 11.4 Å². The van der Waals surface area contributed by atoms with Crippen LogP contribution in [0.15, 0.2) is 17.5 Å². The monoisotopic (exact) mass is 224 g/mol. The third-order valence-electron chi connectivity index (χ3n) is 3.44. The van der Waals surface area contributed by atoms with Crippen LogP contribution in [0, 0.1) is 5.41 Å². The van der Waals surface area contributed by atoms with E-state index in [0.717, 1.165) is 38.5 Å². The summed E-state index contributed by atoms with van der Waals surface area (Å²) in [6.45, 7) is 0. The zero-order valence-corrected chi connectivity index (χ0v) is 9.55. The normalized spacial score (nSPS) is 19.2. The number of rotatable bonds is 4. The molecule has 2 nitrogen and oxygen atoms in total. The zero-order chi connectivity index (χ0) is 10.7. The number of carboxylic acid groups (broad SMARTS) is 1. The summed E-state index contributed by atoms with van der Waals surface area (Å²) in [5.74, 6) is -0.587. The molecular formula is C12H16O2S. The third kappa shape index (κ3) is 2.23. The summed E-state index contributed by atoms with van der Waals surface area (Å²) in [6.07, 6.45) is 5.63. The minimum atomic E-state index is -0.587. The Morgan fingerprint density at radius 2 is 2.20 bits per heavy atom. The second-order valence-corrected chi connectivity index (χ2v) is 5.40. The molecule has 1 heterocycles. The molecule has 0 spiro atoms. The maximum atomic E-state index is 11.3. The van der Waals surface area contributed by atoms with Gasteiger partial charge >= 0.3 is 5.97 Å². The molecule has 0 radical (unpaired) electrons. The lowest BCUT2D eigenvalue weighted by Gasteiger charge is -2.23. The highest BCUT2D eigenvalue weighted by molar-refractivity contribution is 7.09. The van der Waals surface area contributed by atoms with Gasteiger partial charge in [0.1, 0.15) is 0 Å². The van der Waals surface area contributed by atoms with E-state index in [1.165, 1.54) is 4.88 Å². The van der Waals surface area contributed by atoms with Crippen molar-refractivity contribution in [1.29, 1.82) is 0 Å². The molecule has 1 aromatic heterocycles. The zero-order valence-electron chi connectivity index (χ0n) is 8.74. The van der Waals surface area contributed by atoms with Crippen LogP contribution in [0.3, 0.4) is 0 Å². The first-order chi connectivity index (χ1) is 7.23. The second-order valence-electron chi connectivity index (χ2n) is 4.37. The Morgan fingerprint density at radius 3 is 2.73 bits per heavy atom. The van der Waals surface area contributed by atoms with Crippen LogP contribution in [0.25, 0.3) is 0 Å². The van der Waals surface area contributed by atoms with Crippen LogP contribution in [0.1, 0.15) is 37.0 Å². The topological polar surface area (TPSA) is 37.3 Å². The van der Waals surface area contributed by atoms with E-state index in [9.17, 15) is 9.90 Å². The molecule has 1 aliphatic carbocycles. The van der Waals surface area contributed by atoms with Crippen molar-refractivity contribution in [2.24, 2.45) is 5.41 Å². The van der Waals surface area contributed by atoms with Gasteiger partial charge in [-0.05, 0) is 37.1 Å². The van der Waals surface area contributed by atoms with Gasteiger partial charge in [0.05, 0.1) is 5.41 Å². The fourth-order valence-electron chi connectivity index (χ4n) is 2.44. The predicted molar refractivity (Wildman–Crippen MR) is 61.2 cm³/mol. The van der Waals surface area contributed by atoms with Crippen molar-refractivity contribution in [3.63, 3.8) is 0 Å². The summed E-state index contributed by atoms with van der Waals surface area (Å²) in [4.78, 5) is 12.6. The number of carbonyl (C=O) groups is 1. The Hall–Kier alpha value is -0.830. The molecule has 0 unspecified atom stereocenters. The molecule has 82 valence electrons.